The molecular weight excluding hydrogens is 480 g/mol. The van der Waals surface area contributed by atoms with Crippen molar-refractivity contribution in [2.45, 2.75) is 65.8 Å². The molecule has 0 aliphatic carbocycles. The molecule has 1 heterocycles. The maximum absolute atomic E-state index is 13.5. The van der Waals surface area contributed by atoms with Gasteiger partial charge in [0.15, 0.2) is 0 Å². The summed E-state index contributed by atoms with van der Waals surface area (Å²) in [6.45, 7) is 9.10. The van der Waals surface area contributed by atoms with E-state index in [9.17, 15) is 19.6 Å². The molecule has 1 fully saturated rings. The zero-order valence-corrected chi connectivity index (χ0v) is 22.7. The highest BCUT2D eigenvalue weighted by atomic mass is 35.5. The first-order chi connectivity index (χ1) is 16.7. The van der Waals surface area contributed by atoms with E-state index in [1.54, 1.807) is 5.48 Å². The normalized spacial score (nSPS) is 17.4. The first-order valence-electron chi connectivity index (χ1n) is 12.7. The van der Waals surface area contributed by atoms with Gasteiger partial charge >= 0.3 is 0 Å². The van der Waals surface area contributed by atoms with Crippen molar-refractivity contribution >= 4 is 36.2 Å². The van der Waals surface area contributed by atoms with E-state index in [1.807, 2.05) is 70.2 Å². The van der Waals surface area contributed by atoms with Gasteiger partial charge in [-0.3, -0.25) is 30.0 Å². The first kappa shape index (κ1) is 31.6. The van der Waals surface area contributed by atoms with Crippen LogP contribution in [0, 0.1) is 23.7 Å². The third-order valence-corrected chi connectivity index (χ3v) is 6.16. The van der Waals surface area contributed by atoms with E-state index in [0.717, 1.165) is 31.4 Å². The van der Waals surface area contributed by atoms with E-state index in [1.165, 1.54) is 5.01 Å². The number of hydroxylamine groups is 1. The number of rotatable bonds is 11. The summed E-state index contributed by atoms with van der Waals surface area (Å²) < 4.78 is 0. The van der Waals surface area contributed by atoms with Crippen molar-refractivity contribution in [1.82, 2.24) is 21.2 Å². The Morgan fingerprint density at radius 1 is 1.06 bits per heavy atom. The van der Waals surface area contributed by atoms with Crippen molar-refractivity contribution in [3.8, 4) is 0 Å². The van der Waals surface area contributed by atoms with Crippen LogP contribution in [-0.4, -0.2) is 47.1 Å². The summed E-state index contributed by atoms with van der Waals surface area (Å²) in [5.41, 5.74) is 5.56. The lowest BCUT2D eigenvalue weighted by Gasteiger charge is -2.33. The number of nitrogens with one attached hydrogen (secondary N) is 3. The second-order valence-corrected chi connectivity index (χ2v) is 10.2. The molecule has 2 rings (SSSR count). The minimum atomic E-state index is -0.786. The summed E-state index contributed by atoms with van der Waals surface area (Å²) in [6.07, 6.45) is 7.19. The van der Waals surface area contributed by atoms with Gasteiger partial charge in [0.2, 0.25) is 11.8 Å². The highest BCUT2D eigenvalue weighted by molar-refractivity contribution is 5.90. The maximum atomic E-state index is 13.5. The standard InChI is InChI=1S/C27H42N4O4.ClH/c1-19(2)17-23(22(26(33)30-35)14-10-13-21-11-6-5-7-12-21)25(32)29-31(18-20(3)4)27(34)24-15-8-9-16-28-24;/h5-7,10-13,19-20,22-24,28,35H,8-9,14-18H2,1-4H3,(H,29,32)(H,30,33);1H/t22-,23+,24+;/m0./s1. The predicted molar refractivity (Wildman–Crippen MR) is 144 cm³/mol. The Hall–Kier alpha value is -2.42. The molecule has 8 nitrogen and oxygen atoms in total. The van der Waals surface area contributed by atoms with Crippen LogP contribution in [-0.2, 0) is 14.4 Å². The van der Waals surface area contributed by atoms with Crippen LogP contribution in [0.1, 0.15) is 65.4 Å². The van der Waals surface area contributed by atoms with E-state index < -0.39 is 17.7 Å². The topological polar surface area (TPSA) is 111 Å². The van der Waals surface area contributed by atoms with E-state index >= 15 is 0 Å². The van der Waals surface area contributed by atoms with Crippen molar-refractivity contribution < 1.29 is 19.6 Å². The lowest BCUT2D eigenvalue weighted by molar-refractivity contribution is -0.149. The number of carbonyl (C=O) groups is 3. The van der Waals surface area contributed by atoms with Gasteiger partial charge in [0.1, 0.15) is 0 Å². The molecule has 1 aromatic carbocycles. The Bertz CT molecular complexity index is 841. The Morgan fingerprint density at radius 3 is 2.31 bits per heavy atom. The van der Waals surface area contributed by atoms with Crippen LogP contribution in [0.4, 0.5) is 0 Å². The highest BCUT2D eigenvalue weighted by Crippen LogP contribution is 2.26. The molecule has 4 N–H and O–H groups in total. The van der Waals surface area contributed by atoms with E-state index in [4.69, 9.17) is 0 Å². The molecule has 1 aromatic rings. The maximum Gasteiger partial charge on any atom is 0.258 e. The molecule has 1 aliphatic rings. The second kappa shape index (κ2) is 16.3. The monoisotopic (exact) mass is 522 g/mol. The number of hydrogen-bond donors (Lipinski definition) is 4. The lowest BCUT2D eigenvalue weighted by Crippen LogP contribution is -2.57. The number of hydrogen-bond acceptors (Lipinski definition) is 5. The molecule has 0 saturated carbocycles. The van der Waals surface area contributed by atoms with Gasteiger partial charge in [0.25, 0.3) is 5.91 Å². The van der Waals surface area contributed by atoms with Crippen molar-refractivity contribution in [2.24, 2.45) is 23.7 Å². The smallest absolute Gasteiger partial charge is 0.258 e. The van der Waals surface area contributed by atoms with E-state index in [2.05, 4.69) is 10.7 Å². The zero-order valence-electron chi connectivity index (χ0n) is 21.9. The number of hydrazine groups is 1. The lowest BCUT2D eigenvalue weighted by atomic mass is 9.82. The summed E-state index contributed by atoms with van der Waals surface area (Å²) in [5, 5.41) is 14.1. The minimum Gasteiger partial charge on any atom is -0.306 e. The molecule has 9 heteroatoms. The number of amides is 3. The second-order valence-electron chi connectivity index (χ2n) is 10.2. The summed E-state index contributed by atoms with van der Waals surface area (Å²) in [7, 11) is 0. The number of benzene rings is 1. The predicted octanol–water partition coefficient (Wildman–Crippen LogP) is 3.95. The number of nitrogens with zero attached hydrogens (tertiary/aromatic N) is 1. The van der Waals surface area contributed by atoms with Crippen LogP contribution in [0.3, 0.4) is 0 Å². The van der Waals surface area contributed by atoms with Crippen molar-refractivity contribution in [1.29, 1.82) is 0 Å². The van der Waals surface area contributed by atoms with Crippen LogP contribution in [0.15, 0.2) is 36.4 Å². The van der Waals surface area contributed by atoms with Crippen LogP contribution in [0.5, 0.6) is 0 Å². The Kier molecular flexibility index (Phi) is 14.4. The largest absolute Gasteiger partial charge is 0.306 e. The van der Waals surface area contributed by atoms with Crippen molar-refractivity contribution in [3.05, 3.63) is 42.0 Å². The van der Waals surface area contributed by atoms with Crippen LogP contribution >= 0.6 is 12.4 Å². The summed E-state index contributed by atoms with van der Waals surface area (Å²) in [5.74, 6) is -2.37. The Balaban J connectivity index is 0.00000648. The van der Waals surface area contributed by atoms with E-state index in [-0.39, 0.29) is 48.5 Å². The molecule has 0 spiro atoms. The van der Waals surface area contributed by atoms with Gasteiger partial charge in [-0.05, 0) is 49.6 Å². The number of allylic oxidation sites excluding steroid dienone is 1. The van der Waals surface area contributed by atoms with Gasteiger partial charge in [-0.15, -0.1) is 12.4 Å². The third-order valence-electron chi connectivity index (χ3n) is 6.16. The van der Waals surface area contributed by atoms with Gasteiger partial charge in [0, 0.05) is 6.54 Å². The molecule has 0 radical (unpaired) electrons. The average molecular weight is 523 g/mol. The van der Waals surface area contributed by atoms with Gasteiger partial charge < -0.3 is 5.32 Å². The minimum absolute atomic E-state index is 0. The average Bonchev–Trinajstić information content (AvgIpc) is 2.85. The highest BCUT2D eigenvalue weighted by Gasteiger charge is 2.36. The van der Waals surface area contributed by atoms with Gasteiger partial charge in [-0.2, -0.15) is 0 Å². The molecule has 1 aliphatic heterocycles. The molecule has 3 amide bonds. The molecule has 0 unspecified atom stereocenters. The van der Waals surface area contributed by atoms with Crippen LogP contribution < -0.4 is 16.2 Å². The third kappa shape index (κ3) is 10.3. The van der Waals surface area contributed by atoms with E-state index in [0.29, 0.717) is 13.0 Å². The molecule has 3 atom stereocenters. The molecule has 1 saturated heterocycles. The fourth-order valence-electron chi connectivity index (χ4n) is 4.44. The molecule has 0 bridgehead atoms. The summed E-state index contributed by atoms with van der Waals surface area (Å²) in [4.78, 5) is 39.4. The first-order valence-corrected chi connectivity index (χ1v) is 12.7. The van der Waals surface area contributed by atoms with Crippen LogP contribution in [0.2, 0.25) is 0 Å². The molecular formula is C27H43ClN4O4. The summed E-state index contributed by atoms with van der Waals surface area (Å²) in [6, 6.07) is 9.35. The van der Waals surface area contributed by atoms with Crippen molar-refractivity contribution in [3.63, 3.8) is 0 Å². The number of carbonyl (C=O) groups excluding carboxylic acids is 3. The van der Waals surface area contributed by atoms with Crippen LogP contribution in [0.25, 0.3) is 6.08 Å². The quantitative estimate of drug-likeness (QED) is 0.260. The Morgan fingerprint density at radius 2 is 1.75 bits per heavy atom. The number of piperidine rings is 1. The SMILES string of the molecule is CC(C)C[C@@H](C(=O)NN(CC(C)C)C(=O)[C@H]1CCCCN1)[C@H](CC=Cc1ccccc1)C(=O)NO.Cl. The molecule has 36 heavy (non-hydrogen) atoms. The Labute approximate surface area is 221 Å². The fraction of sp³-hybridized carbons (Fsp3) is 0.593. The van der Waals surface area contributed by atoms with Gasteiger partial charge in [-0.1, -0.05) is 76.6 Å². The molecule has 0 aromatic heterocycles. The van der Waals surface area contributed by atoms with Gasteiger partial charge in [-0.25, -0.2) is 5.48 Å². The fourth-order valence-corrected chi connectivity index (χ4v) is 4.44. The summed E-state index contributed by atoms with van der Waals surface area (Å²) >= 11 is 0. The van der Waals surface area contributed by atoms with Crippen molar-refractivity contribution in [2.75, 3.05) is 13.1 Å². The zero-order chi connectivity index (χ0) is 25.8. The molecule has 202 valence electrons. The van der Waals surface area contributed by atoms with Gasteiger partial charge in [0.05, 0.1) is 17.9 Å². The number of halogens is 1.